The van der Waals surface area contributed by atoms with Gasteiger partial charge in [-0.25, -0.2) is 0 Å². The maximum atomic E-state index is 10.9. The summed E-state index contributed by atoms with van der Waals surface area (Å²) in [4.78, 5) is 10.9. The zero-order valence-corrected chi connectivity index (χ0v) is 8.17. The summed E-state index contributed by atoms with van der Waals surface area (Å²) >= 11 is 0. The maximum absolute atomic E-state index is 10.9. The highest BCUT2D eigenvalue weighted by Gasteiger charge is 2.43. The van der Waals surface area contributed by atoms with E-state index >= 15 is 0 Å². The molecule has 4 heteroatoms. The first-order chi connectivity index (χ1) is 6.10. The van der Waals surface area contributed by atoms with Gasteiger partial charge in [0.15, 0.2) is 0 Å². The first-order valence-electron chi connectivity index (χ1n) is 4.62. The monoisotopic (exact) mass is 187 g/mol. The molecule has 0 aromatic carbocycles. The maximum Gasteiger partial charge on any atom is 0.323 e. The summed E-state index contributed by atoms with van der Waals surface area (Å²) in [6.07, 6.45) is 2.54. The van der Waals surface area contributed by atoms with Gasteiger partial charge in [-0.05, 0) is 26.2 Å². The predicted molar refractivity (Wildman–Crippen MR) is 48.7 cm³/mol. The molecule has 0 aliphatic heterocycles. The normalized spacial score (nSPS) is 22.0. The van der Waals surface area contributed by atoms with Gasteiger partial charge >= 0.3 is 5.97 Å². The highest BCUT2D eigenvalue weighted by Crippen LogP contribution is 2.31. The fourth-order valence-electron chi connectivity index (χ4n) is 1.42. The highest BCUT2D eigenvalue weighted by molar-refractivity contribution is 5.79. The Morgan fingerprint density at radius 3 is 2.62 bits per heavy atom. The van der Waals surface area contributed by atoms with Gasteiger partial charge in [0.2, 0.25) is 0 Å². The van der Waals surface area contributed by atoms with Gasteiger partial charge in [0.25, 0.3) is 0 Å². The van der Waals surface area contributed by atoms with E-state index in [-0.39, 0.29) is 6.10 Å². The molecule has 13 heavy (non-hydrogen) atoms. The van der Waals surface area contributed by atoms with E-state index in [9.17, 15) is 4.79 Å². The average molecular weight is 187 g/mol. The second-order valence-electron chi connectivity index (χ2n) is 3.67. The van der Waals surface area contributed by atoms with Crippen molar-refractivity contribution in [1.82, 2.24) is 5.32 Å². The van der Waals surface area contributed by atoms with Crippen molar-refractivity contribution >= 4 is 5.97 Å². The Morgan fingerprint density at radius 1 is 1.69 bits per heavy atom. The summed E-state index contributed by atoms with van der Waals surface area (Å²) in [6.45, 7) is 2.52. The van der Waals surface area contributed by atoms with Gasteiger partial charge in [-0.1, -0.05) is 0 Å². The van der Waals surface area contributed by atoms with Crippen molar-refractivity contribution in [2.24, 2.45) is 0 Å². The molecule has 1 unspecified atom stereocenters. The molecule has 1 saturated carbocycles. The lowest BCUT2D eigenvalue weighted by atomic mass is 9.77. The molecule has 0 saturated heterocycles. The SMILES string of the molecule is COC(C)CNC1(C(=O)O)CCC1. The third kappa shape index (κ3) is 2.19. The van der Waals surface area contributed by atoms with Gasteiger partial charge in [0, 0.05) is 13.7 Å². The van der Waals surface area contributed by atoms with Crippen LogP contribution < -0.4 is 5.32 Å². The van der Waals surface area contributed by atoms with Gasteiger partial charge < -0.3 is 9.84 Å². The molecule has 1 rings (SSSR count). The number of nitrogens with one attached hydrogen (secondary N) is 1. The number of aliphatic carboxylic acids is 1. The number of carboxylic acid groups (broad SMARTS) is 1. The van der Waals surface area contributed by atoms with Crippen LogP contribution in [-0.4, -0.2) is 36.4 Å². The van der Waals surface area contributed by atoms with Crippen LogP contribution in [0.3, 0.4) is 0 Å². The molecule has 0 aromatic rings. The van der Waals surface area contributed by atoms with E-state index in [0.717, 1.165) is 19.3 Å². The van der Waals surface area contributed by atoms with E-state index in [0.29, 0.717) is 6.54 Å². The molecule has 0 aromatic heterocycles. The van der Waals surface area contributed by atoms with Gasteiger partial charge in [0.05, 0.1) is 6.10 Å². The Kier molecular flexibility index (Phi) is 3.27. The van der Waals surface area contributed by atoms with Crippen LogP contribution in [0.2, 0.25) is 0 Å². The van der Waals surface area contributed by atoms with Crippen LogP contribution in [0.1, 0.15) is 26.2 Å². The smallest absolute Gasteiger partial charge is 0.323 e. The van der Waals surface area contributed by atoms with E-state index in [1.54, 1.807) is 7.11 Å². The fourth-order valence-corrected chi connectivity index (χ4v) is 1.42. The van der Waals surface area contributed by atoms with E-state index < -0.39 is 11.5 Å². The van der Waals surface area contributed by atoms with E-state index in [1.807, 2.05) is 6.92 Å². The number of carboxylic acids is 1. The topological polar surface area (TPSA) is 58.6 Å². The number of methoxy groups -OCH3 is 1. The van der Waals surface area contributed by atoms with Crippen molar-refractivity contribution in [1.29, 1.82) is 0 Å². The quantitative estimate of drug-likeness (QED) is 0.662. The van der Waals surface area contributed by atoms with Crippen molar-refractivity contribution in [2.75, 3.05) is 13.7 Å². The molecule has 0 heterocycles. The highest BCUT2D eigenvalue weighted by atomic mass is 16.5. The van der Waals surface area contributed by atoms with Crippen LogP contribution in [0.5, 0.6) is 0 Å². The van der Waals surface area contributed by atoms with Gasteiger partial charge in [-0.15, -0.1) is 0 Å². The molecule has 4 nitrogen and oxygen atoms in total. The van der Waals surface area contributed by atoms with Gasteiger partial charge in [0.1, 0.15) is 5.54 Å². The van der Waals surface area contributed by atoms with Crippen LogP contribution >= 0.6 is 0 Å². The molecule has 1 atom stereocenters. The zero-order valence-electron chi connectivity index (χ0n) is 8.17. The van der Waals surface area contributed by atoms with Crippen LogP contribution in [0.4, 0.5) is 0 Å². The first-order valence-corrected chi connectivity index (χ1v) is 4.62. The molecule has 1 aliphatic carbocycles. The zero-order chi connectivity index (χ0) is 9.90. The number of ether oxygens (including phenoxy) is 1. The molecule has 2 N–H and O–H groups in total. The van der Waals surface area contributed by atoms with Crippen LogP contribution in [0.25, 0.3) is 0 Å². The summed E-state index contributed by atoms with van der Waals surface area (Å²) in [5, 5.41) is 12.0. The second kappa shape index (κ2) is 4.07. The van der Waals surface area contributed by atoms with Crippen molar-refractivity contribution in [3.8, 4) is 0 Å². The van der Waals surface area contributed by atoms with E-state index in [1.165, 1.54) is 0 Å². The largest absolute Gasteiger partial charge is 0.480 e. The molecule has 0 spiro atoms. The van der Waals surface area contributed by atoms with Gasteiger partial charge in [-0.3, -0.25) is 10.1 Å². The fraction of sp³-hybridized carbons (Fsp3) is 0.889. The van der Waals surface area contributed by atoms with Crippen molar-refractivity contribution in [2.45, 2.75) is 37.8 Å². The van der Waals surface area contributed by atoms with Gasteiger partial charge in [-0.2, -0.15) is 0 Å². The Balaban J connectivity index is 2.36. The van der Waals surface area contributed by atoms with E-state index in [4.69, 9.17) is 9.84 Å². The molecule has 0 radical (unpaired) electrons. The molecular weight excluding hydrogens is 170 g/mol. The number of hydrogen-bond donors (Lipinski definition) is 2. The molecule has 0 bridgehead atoms. The lowest BCUT2D eigenvalue weighted by Gasteiger charge is -2.39. The lowest BCUT2D eigenvalue weighted by Crippen LogP contribution is -2.58. The van der Waals surface area contributed by atoms with Crippen molar-refractivity contribution in [3.63, 3.8) is 0 Å². The summed E-state index contributed by atoms with van der Waals surface area (Å²) in [5.41, 5.74) is -0.660. The van der Waals surface area contributed by atoms with Crippen LogP contribution in [0.15, 0.2) is 0 Å². The van der Waals surface area contributed by atoms with E-state index in [2.05, 4.69) is 5.32 Å². The summed E-state index contributed by atoms with van der Waals surface area (Å²) in [5.74, 6) is -0.734. The minimum atomic E-state index is -0.734. The first kappa shape index (κ1) is 10.5. The number of rotatable bonds is 5. The Morgan fingerprint density at radius 2 is 2.31 bits per heavy atom. The Labute approximate surface area is 78.3 Å². The minimum absolute atomic E-state index is 0.0665. The van der Waals surface area contributed by atoms with Crippen molar-refractivity contribution in [3.05, 3.63) is 0 Å². The minimum Gasteiger partial charge on any atom is -0.480 e. The predicted octanol–water partition coefficient (Wildman–Crippen LogP) is 0.618. The number of carbonyl (C=O) groups is 1. The third-order valence-electron chi connectivity index (χ3n) is 2.75. The Bertz CT molecular complexity index is 189. The number of hydrogen-bond acceptors (Lipinski definition) is 3. The van der Waals surface area contributed by atoms with Crippen LogP contribution in [0, 0.1) is 0 Å². The summed E-state index contributed by atoms with van der Waals surface area (Å²) in [7, 11) is 1.63. The molecule has 0 amide bonds. The Hall–Kier alpha value is -0.610. The second-order valence-corrected chi connectivity index (χ2v) is 3.67. The molecular formula is C9H17NO3. The third-order valence-corrected chi connectivity index (χ3v) is 2.75. The lowest BCUT2D eigenvalue weighted by molar-refractivity contribution is -0.149. The van der Waals surface area contributed by atoms with Crippen molar-refractivity contribution < 1.29 is 14.6 Å². The standard InChI is InChI=1S/C9H17NO3/c1-7(13-2)6-10-9(8(11)12)4-3-5-9/h7,10H,3-6H2,1-2H3,(H,11,12). The molecule has 1 fully saturated rings. The molecule has 76 valence electrons. The molecule has 1 aliphatic rings. The average Bonchev–Trinajstić information content (AvgIpc) is 2.01. The van der Waals surface area contributed by atoms with Crippen LogP contribution in [-0.2, 0) is 9.53 Å². The summed E-state index contributed by atoms with van der Waals surface area (Å²) in [6, 6.07) is 0. The summed E-state index contributed by atoms with van der Waals surface area (Å²) < 4.78 is 5.04.